The predicted octanol–water partition coefficient (Wildman–Crippen LogP) is 1.63. The van der Waals surface area contributed by atoms with Gasteiger partial charge in [-0.15, -0.1) is 0 Å². The Kier molecular flexibility index (Phi) is 7.13. The number of amides is 1. The molecule has 0 bridgehead atoms. The first-order chi connectivity index (χ1) is 11.2. The molecule has 128 valence electrons. The fraction of sp³-hybridized carbons (Fsp3) is 0.647. The number of carbonyl (C=O) groups is 1. The maximum absolute atomic E-state index is 12.1. The van der Waals surface area contributed by atoms with E-state index in [2.05, 4.69) is 22.5 Å². The van der Waals surface area contributed by atoms with Crippen LogP contribution in [0.2, 0.25) is 0 Å². The van der Waals surface area contributed by atoms with Crippen molar-refractivity contribution in [2.24, 2.45) is 0 Å². The molecule has 1 aliphatic heterocycles. The summed E-state index contributed by atoms with van der Waals surface area (Å²) in [7, 11) is 0. The zero-order valence-electron chi connectivity index (χ0n) is 14.1. The van der Waals surface area contributed by atoms with Crippen molar-refractivity contribution in [1.29, 1.82) is 0 Å². The van der Waals surface area contributed by atoms with E-state index in [1.807, 2.05) is 17.0 Å². The second kappa shape index (κ2) is 9.35. The molecule has 1 saturated heterocycles. The van der Waals surface area contributed by atoms with Gasteiger partial charge in [0.15, 0.2) is 0 Å². The van der Waals surface area contributed by atoms with Crippen LogP contribution in [0.3, 0.4) is 0 Å². The minimum Gasteiger partial charge on any atom is -0.385 e. The standard InChI is InChI=1S/C17H29N5O/c1-2-3-7-20-15-12-14(21-16(18)13-15)5-4-6-17(23)22-10-8-19-9-11-22/h12-13,19H,2-11H2,1H3,(H3,18,20,21). The number of hydrogen-bond donors (Lipinski definition) is 3. The van der Waals surface area contributed by atoms with E-state index in [0.29, 0.717) is 12.2 Å². The van der Waals surface area contributed by atoms with Crippen LogP contribution in [0.25, 0.3) is 0 Å². The molecule has 1 fully saturated rings. The summed E-state index contributed by atoms with van der Waals surface area (Å²) in [6.45, 7) is 6.55. The second-order valence-electron chi connectivity index (χ2n) is 6.04. The molecule has 1 aromatic heterocycles. The lowest BCUT2D eigenvalue weighted by Crippen LogP contribution is -2.46. The lowest BCUT2D eigenvalue weighted by atomic mass is 10.1. The van der Waals surface area contributed by atoms with Crippen molar-refractivity contribution < 1.29 is 4.79 Å². The number of nitrogens with zero attached hydrogens (tertiary/aromatic N) is 2. The molecule has 2 rings (SSSR count). The number of rotatable bonds is 8. The minimum absolute atomic E-state index is 0.247. The number of hydrogen-bond acceptors (Lipinski definition) is 5. The highest BCUT2D eigenvalue weighted by Crippen LogP contribution is 2.15. The van der Waals surface area contributed by atoms with Gasteiger partial charge in [-0.25, -0.2) is 4.98 Å². The molecule has 1 amide bonds. The first kappa shape index (κ1) is 17.5. The number of carbonyl (C=O) groups excluding carboxylic acids is 1. The molecule has 6 nitrogen and oxygen atoms in total. The summed E-state index contributed by atoms with van der Waals surface area (Å²) in [5.41, 5.74) is 7.86. The van der Waals surface area contributed by atoms with E-state index in [-0.39, 0.29) is 5.91 Å². The SMILES string of the molecule is CCCCNc1cc(N)nc(CCCC(=O)N2CCNCC2)c1. The highest BCUT2D eigenvalue weighted by Gasteiger charge is 2.15. The highest BCUT2D eigenvalue weighted by atomic mass is 16.2. The van der Waals surface area contributed by atoms with E-state index in [9.17, 15) is 4.79 Å². The van der Waals surface area contributed by atoms with Crippen LogP contribution in [-0.2, 0) is 11.2 Å². The first-order valence-corrected chi connectivity index (χ1v) is 8.68. The molecule has 23 heavy (non-hydrogen) atoms. The molecular formula is C17H29N5O. The van der Waals surface area contributed by atoms with E-state index >= 15 is 0 Å². The summed E-state index contributed by atoms with van der Waals surface area (Å²) >= 11 is 0. The van der Waals surface area contributed by atoms with Crippen LogP contribution in [-0.4, -0.2) is 48.5 Å². The Hall–Kier alpha value is -1.82. The van der Waals surface area contributed by atoms with Crippen molar-refractivity contribution in [3.8, 4) is 0 Å². The number of aromatic nitrogens is 1. The largest absolute Gasteiger partial charge is 0.385 e. The van der Waals surface area contributed by atoms with Crippen LogP contribution in [0.4, 0.5) is 11.5 Å². The van der Waals surface area contributed by atoms with Crippen LogP contribution >= 0.6 is 0 Å². The summed E-state index contributed by atoms with van der Waals surface area (Å²) in [5.74, 6) is 0.784. The molecule has 4 N–H and O–H groups in total. The molecule has 2 heterocycles. The van der Waals surface area contributed by atoms with Crippen molar-refractivity contribution in [2.75, 3.05) is 43.8 Å². The lowest BCUT2D eigenvalue weighted by Gasteiger charge is -2.27. The van der Waals surface area contributed by atoms with Gasteiger partial charge in [0.1, 0.15) is 5.82 Å². The van der Waals surface area contributed by atoms with Crippen LogP contribution in [0.1, 0.15) is 38.3 Å². The maximum atomic E-state index is 12.1. The summed E-state index contributed by atoms with van der Waals surface area (Å²) < 4.78 is 0. The van der Waals surface area contributed by atoms with Gasteiger partial charge in [0.25, 0.3) is 0 Å². The van der Waals surface area contributed by atoms with Gasteiger partial charge >= 0.3 is 0 Å². The quantitative estimate of drug-likeness (QED) is 0.634. The molecule has 0 unspecified atom stereocenters. The van der Waals surface area contributed by atoms with Gasteiger partial charge in [-0.1, -0.05) is 13.3 Å². The molecule has 1 aliphatic rings. The average molecular weight is 319 g/mol. The summed E-state index contributed by atoms with van der Waals surface area (Å²) in [6.07, 6.45) is 4.47. The van der Waals surface area contributed by atoms with Gasteiger partial charge in [0.05, 0.1) is 0 Å². The van der Waals surface area contributed by atoms with E-state index in [0.717, 1.165) is 69.8 Å². The number of nitrogen functional groups attached to an aromatic ring is 1. The molecular weight excluding hydrogens is 290 g/mol. The Morgan fingerprint density at radius 1 is 1.35 bits per heavy atom. The first-order valence-electron chi connectivity index (χ1n) is 8.68. The number of nitrogens with one attached hydrogen (secondary N) is 2. The van der Waals surface area contributed by atoms with Crippen molar-refractivity contribution >= 4 is 17.4 Å². The fourth-order valence-corrected chi connectivity index (χ4v) is 2.74. The van der Waals surface area contributed by atoms with E-state index in [1.165, 1.54) is 0 Å². The predicted molar refractivity (Wildman–Crippen MR) is 94.4 cm³/mol. The van der Waals surface area contributed by atoms with E-state index in [1.54, 1.807) is 0 Å². The minimum atomic E-state index is 0.247. The summed E-state index contributed by atoms with van der Waals surface area (Å²) in [6, 6.07) is 3.91. The van der Waals surface area contributed by atoms with Gasteiger partial charge in [0.2, 0.25) is 5.91 Å². The Balaban J connectivity index is 1.79. The number of anilines is 2. The van der Waals surface area contributed by atoms with Crippen LogP contribution in [0, 0.1) is 0 Å². The molecule has 1 aromatic rings. The number of aryl methyl sites for hydroxylation is 1. The Morgan fingerprint density at radius 3 is 2.87 bits per heavy atom. The van der Waals surface area contributed by atoms with Crippen molar-refractivity contribution in [2.45, 2.75) is 39.0 Å². The number of piperazine rings is 1. The van der Waals surface area contributed by atoms with Gasteiger partial charge < -0.3 is 21.3 Å². The molecule has 0 saturated carbocycles. The average Bonchev–Trinajstić information content (AvgIpc) is 2.55. The van der Waals surface area contributed by atoms with Crippen LogP contribution in [0.15, 0.2) is 12.1 Å². The summed E-state index contributed by atoms with van der Waals surface area (Å²) in [5, 5.41) is 6.64. The van der Waals surface area contributed by atoms with Gasteiger partial charge in [-0.3, -0.25) is 4.79 Å². The van der Waals surface area contributed by atoms with Gasteiger partial charge in [-0.05, 0) is 25.3 Å². The monoisotopic (exact) mass is 319 g/mol. The molecule has 6 heteroatoms. The Bertz CT molecular complexity index is 500. The number of pyridine rings is 1. The van der Waals surface area contributed by atoms with E-state index in [4.69, 9.17) is 5.73 Å². The molecule has 0 aliphatic carbocycles. The lowest BCUT2D eigenvalue weighted by molar-refractivity contribution is -0.131. The van der Waals surface area contributed by atoms with E-state index < -0.39 is 0 Å². The Labute approximate surface area is 138 Å². The maximum Gasteiger partial charge on any atom is 0.222 e. The summed E-state index contributed by atoms with van der Waals surface area (Å²) in [4.78, 5) is 18.5. The zero-order chi connectivity index (χ0) is 16.5. The molecule has 0 atom stereocenters. The van der Waals surface area contributed by atoms with Gasteiger partial charge in [0, 0.05) is 56.6 Å². The third kappa shape index (κ3) is 6.06. The Morgan fingerprint density at radius 2 is 2.13 bits per heavy atom. The fourth-order valence-electron chi connectivity index (χ4n) is 2.74. The topological polar surface area (TPSA) is 83.3 Å². The molecule has 0 spiro atoms. The smallest absolute Gasteiger partial charge is 0.222 e. The number of nitrogens with two attached hydrogens (primary N) is 1. The van der Waals surface area contributed by atoms with Gasteiger partial charge in [-0.2, -0.15) is 0 Å². The third-order valence-electron chi connectivity index (χ3n) is 4.05. The molecule has 0 aromatic carbocycles. The van der Waals surface area contributed by atoms with Crippen molar-refractivity contribution in [1.82, 2.24) is 15.2 Å². The normalized spacial score (nSPS) is 14.7. The number of unbranched alkanes of at least 4 members (excludes halogenated alkanes) is 1. The van der Waals surface area contributed by atoms with Crippen LogP contribution < -0.4 is 16.4 Å². The molecule has 0 radical (unpaired) electrons. The van der Waals surface area contributed by atoms with Crippen LogP contribution in [0.5, 0.6) is 0 Å². The van der Waals surface area contributed by atoms with Crippen molar-refractivity contribution in [3.05, 3.63) is 17.8 Å². The third-order valence-corrected chi connectivity index (χ3v) is 4.05. The second-order valence-corrected chi connectivity index (χ2v) is 6.04. The zero-order valence-corrected chi connectivity index (χ0v) is 14.1. The van der Waals surface area contributed by atoms with Crippen molar-refractivity contribution in [3.63, 3.8) is 0 Å². The highest BCUT2D eigenvalue weighted by molar-refractivity contribution is 5.76.